The molecule has 0 aliphatic heterocycles. The second kappa shape index (κ2) is 11.7. The number of hydrazone groups is 1. The highest BCUT2D eigenvalue weighted by Crippen LogP contribution is 2.13. The van der Waals surface area contributed by atoms with Gasteiger partial charge in [-0.15, -0.1) is 0 Å². The van der Waals surface area contributed by atoms with Crippen LogP contribution in [0.4, 0.5) is 0 Å². The fourth-order valence-electron chi connectivity index (χ4n) is 2.68. The summed E-state index contributed by atoms with van der Waals surface area (Å²) in [6.07, 6.45) is 4.57. The molecule has 0 unspecified atom stereocenters. The molecule has 148 valence electrons. The van der Waals surface area contributed by atoms with E-state index in [0.717, 1.165) is 24.8 Å². The minimum atomic E-state index is -0.0941. The van der Waals surface area contributed by atoms with Gasteiger partial charge in [-0.1, -0.05) is 62.7 Å². The Kier molecular flexibility index (Phi) is 8.92. The van der Waals surface area contributed by atoms with Crippen molar-refractivity contribution in [1.29, 1.82) is 0 Å². The maximum atomic E-state index is 11.9. The van der Waals surface area contributed by atoms with Crippen LogP contribution in [-0.2, 0) is 4.79 Å². The van der Waals surface area contributed by atoms with Crippen LogP contribution in [0.25, 0.3) is 0 Å². The lowest BCUT2D eigenvalue weighted by Crippen LogP contribution is -2.24. The summed E-state index contributed by atoms with van der Waals surface area (Å²) in [4.78, 5) is 23.7. The van der Waals surface area contributed by atoms with Crippen LogP contribution in [0.5, 0.6) is 0 Å². The minimum Gasteiger partial charge on any atom is -0.352 e. The highest BCUT2D eigenvalue weighted by atomic mass is 16.2. The van der Waals surface area contributed by atoms with Gasteiger partial charge in [0.15, 0.2) is 0 Å². The van der Waals surface area contributed by atoms with Crippen molar-refractivity contribution in [3.05, 3.63) is 71.3 Å². The van der Waals surface area contributed by atoms with E-state index in [2.05, 4.69) is 41.8 Å². The maximum absolute atomic E-state index is 11.9. The van der Waals surface area contributed by atoms with E-state index in [-0.39, 0.29) is 11.8 Å². The fourth-order valence-corrected chi connectivity index (χ4v) is 2.68. The van der Waals surface area contributed by atoms with Crippen molar-refractivity contribution in [2.45, 2.75) is 45.4 Å². The van der Waals surface area contributed by atoms with Gasteiger partial charge >= 0.3 is 0 Å². The zero-order valence-corrected chi connectivity index (χ0v) is 16.7. The fraction of sp³-hybridized carbons (Fsp3) is 0.348. The lowest BCUT2D eigenvalue weighted by Gasteiger charge is -2.05. The molecule has 0 radical (unpaired) electrons. The number of benzene rings is 2. The quantitative estimate of drug-likeness (QED) is 0.368. The van der Waals surface area contributed by atoms with Crippen LogP contribution < -0.4 is 10.7 Å². The summed E-state index contributed by atoms with van der Waals surface area (Å²) in [7, 11) is 0. The highest BCUT2D eigenvalue weighted by Gasteiger charge is 2.03. The molecule has 0 aromatic heterocycles. The average molecular weight is 380 g/mol. The van der Waals surface area contributed by atoms with Gasteiger partial charge in [0.2, 0.25) is 5.91 Å². The third-order valence-corrected chi connectivity index (χ3v) is 4.41. The topological polar surface area (TPSA) is 70.6 Å². The smallest absolute Gasteiger partial charge is 0.251 e. The molecule has 2 rings (SSSR count). The van der Waals surface area contributed by atoms with Crippen LogP contribution in [0.2, 0.25) is 0 Å². The number of unbranched alkanes of at least 4 members (excludes halogenated alkanes) is 2. The Bertz CT molecular complexity index is 768. The first-order valence-corrected chi connectivity index (χ1v) is 9.81. The molecule has 0 atom stereocenters. The van der Waals surface area contributed by atoms with E-state index in [0.29, 0.717) is 24.4 Å². The number of carbonyl (C=O) groups excluding carboxylic acids is 2. The lowest BCUT2D eigenvalue weighted by atomic mass is 10.0. The van der Waals surface area contributed by atoms with Gasteiger partial charge in [0.25, 0.3) is 5.91 Å². The van der Waals surface area contributed by atoms with E-state index in [1.807, 2.05) is 30.3 Å². The van der Waals surface area contributed by atoms with Crippen molar-refractivity contribution < 1.29 is 9.59 Å². The molecule has 5 heteroatoms. The van der Waals surface area contributed by atoms with Crippen molar-refractivity contribution in [3.8, 4) is 0 Å². The van der Waals surface area contributed by atoms with Crippen molar-refractivity contribution in [2.75, 3.05) is 6.54 Å². The first kappa shape index (κ1) is 21.4. The summed E-state index contributed by atoms with van der Waals surface area (Å²) >= 11 is 0. The molecule has 0 heterocycles. The molecule has 0 saturated carbocycles. The van der Waals surface area contributed by atoms with Gasteiger partial charge in [-0.25, -0.2) is 5.43 Å². The van der Waals surface area contributed by atoms with Gasteiger partial charge in [0.05, 0.1) is 6.21 Å². The van der Waals surface area contributed by atoms with Gasteiger partial charge in [0, 0.05) is 18.5 Å². The first-order valence-electron chi connectivity index (χ1n) is 9.81. The van der Waals surface area contributed by atoms with Crippen molar-refractivity contribution >= 4 is 18.0 Å². The zero-order valence-electron chi connectivity index (χ0n) is 16.7. The minimum absolute atomic E-state index is 0.0610. The molecule has 0 fully saturated rings. The molecule has 0 saturated heterocycles. The number of hydrogen-bond donors (Lipinski definition) is 2. The number of nitrogens with zero attached hydrogens (tertiary/aromatic N) is 1. The molecule has 0 aliphatic rings. The number of carbonyl (C=O) groups is 2. The van der Waals surface area contributed by atoms with E-state index in [4.69, 9.17) is 0 Å². The Morgan fingerprint density at radius 1 is 0.964 bits per heavy atom. The number of rotatable bonds is 10. The van der Waals surface area contributed by atoms with Gasteiger partial charge < -0.3 is 5.32 Å². The third kappa shape index (κ3) is 7.74. The summed E-state index contributed by atoms with van der Waals surface area (Å²) in [6.45, 7) is 4.92. The normalized spacial score (nSPS) is 11.0. The number of hydrogen-bond acceptors (Lipinski definition) is 3. The zero-order chi connectivity index (χ0) is 20.2. The molecule has 0 aliphatic carbocycles. The van der Waals surface area contributed by atoms with E-state index >= 15 is 0 Å². The largest absolute Gasteiger partial charge is 0.352 e. The van der Waals surface area contributed by atoms with Gasteiger partial charge in [-0.05, 0) is 42.0 Å². The molecule has 0 spiro atoms. The second-order valence-electron chi connectivity index (χ2n) is 7.05. The Morgan fingerprint density at radius 3 is 2.36 bits per heavy atom. The molecule has 2 aromatic carbocycles. The second-order valence-corrected chi connectivity index (χ2v) is 7.05. The highest BCUT2D eigenvalue weighted by molar-refractivity contribution is 5.94. The molecule has 2 aromatic rings. The van der Waals surface area contributed by atoms with E-state index in [1.54, 1.807) is 18.3 Å². The molecule has 28 heavy (non-hydrogen) atoms. The third-order valence-electron chi connectivity index (χ3n) is 4.41. The summed E-state index contributed by atoms with van der Waals surface area (Å²) in [6, 6.07) is 17.3. The van der Waals surface area contributed by atoms with Crippen LogP contribution in [0.1, 0.15) is 66.9 Å². The molecule has 2 amide bonds. The maximum Gasteiger partial charge on any atom is 0.251 e. The van der Waals surface area contributed by atoms with Crippen molar-refractivity contribution in [3.63, 3.8) is 0 Å². The summed E-state index contributed by atoms with van der Waals surface area (Å²) in [5.41, 5.74) is 5.46. The number of nitrogens with one attached hydrogen (secondary N) is 2. The lowest BCUT2D eigenvalue weighted by molar-refractivity contribution is -0.121. The van der Waals surface area contributed by atoms with Crippen LogP contribution in [-0.4, -0.2) is 24.6 Å². The van der Waals surface area contributed by atoms with Crippen LogP contribution in [0.15, 0.2) is 59.7 Å². The summed E-state index contributed by atoms with van der Waals surface area (Å²) < 4.78 is 0. The van der Waals surface area contributed by atoms with E-state index < -0.39 is 0 Å². The standard InChI is InChI=1S/C23H29N3O2/c1-18(2)20-14-12-19(13-15-20)17-25-26-22(27)11-7-4-8-16-24-23(28)21-9-5-3-6-10-21/h3,5-6,9-10,12-15,17-18H,4,7-8,11,16H2,1-2H3,(H,24,28)(H,26,27). The van der Waals surface area contributed by atoms with Gasteiger partial charge in [-0.2, -0.15) is 5.10 Å². The van der Waals surface area contributed by atoms with Gasteiger partial charge in [-0.3, -0.25) is 9.59 Å². The molecular formula is C23H29N3O2. The Labute approximate surface area is 167 Å². The first-order chi connectivity index (χ1) is 13.6. The molecule has 2 N–H and O–H groups in total. The predicted molar refractivity (Wildman–Crippen MR) is 114 cm³/mol. The van der Waals surface area contributed by atoms with Crippen LogP contribution in [0, 0.1) is 0 Å². The Balaban J connectivity index is 1.55. The van der Waals surface area contributed by atoms with E-state index in [9.17, 15) is 9.59 Å². The summed E-state index contributed by atoms with van der Waals surface area (Å²) in [5, 5.41) is 6.89. The Morgan fingerprint density at radius 2 is 1.68 bits per heavy atom. The molecular weight excluding hydrogens is 350 g/mol. The SMILES string of the molecule is CC(C)c1ccc(C=NNC(=O)CCCCCNC(=O)c2ccccc2)cc1. The van der Waals surface area contributed by atoms with E-state index in [1.165, 1.54) is 5.56 Å². The molecule has 5 nitrogen and oxygen atoms in total. The monoisotopic (exact) mass is 379 g/mol. The predicted octanol–water partition coefficient (Wildman–Crippen LogP) is 4.25. The van der Waals surface area contributed by atoms with Gasteiger partial charge in [0.1, 0.15) is 0 Å². The van der Waals surface area contributed by atoms with Crippen molar-refractivity contribution in [1.82, 2.24) is 10.7 Å². The van der Waals surface area contributed by atoms with Crippen LogP contribution in [0.3, 0.4) is 0 Å². The van der Waals surface area contributed by atoms with Crippen molar-refractivity contribution in [2.24, 2.45) is 5.10 Å². The Hall–Kier alpha value is -2.95. The summed E-state index contributed by atoms with van der Waals surface area (Å²) in [5.74, 6) is 0.342. The molecule has 0 bridgehead atoms. The van der Waals surface area contributed by atoms with Crippen LogP contribution >= 0.6 is 0 Å². The average Bonchev–Trinajstić information content (AvgIpc) is 2.71. The number of amides is 2.